The van der Waals surface area contributed by atoms with E-state index in [2.05, 4.69) is 0 Å². The third kappa shape index (κ3) is 3.34. The predicted octanol–water partition coefficient (Wildman–Crippen LogP) is 1.98. The van der Waals surface area contributed by atoms with Gasteiger partial charge in [-0.15, -0.1) is 0 Å². The summed E-state index contributed by atoms with van der Waals surface area (Å²) in [5.41, 5.74) is 5.37. The van der Waals surface area contributed by atoms with E-state index in [1.165, 1.54) is 12.1 Å². The Hall–Kier alpha value is -2.93. The van der Waals surface area contributed by atoms with Gasteiger partial charge in [0.1, 0.15) is 5.75 Å². The molecule has 0 aliphatic carbocycles. The predicted molar refractivity (Wildman–Crippen MR) is 74.1 cm³/mol. The number of ether oxygens (including phenoxy) is 1. The summed E-state index contributed by atoms with van der Waals surface area (Å²) in [5, 5.41) is 20.1. The number of aliphatic hydroxyl groups excluding tert-OH is 1. The molecule has 0 spiro atoms. The van der Waals surface area contributed by atoms with Crippen molar-refractivity contribution >= 4 is 11.6 Å². The maximum absolute atomic E-state index is 11.1. The van der Waals surface area contributed by atoms with Gasteiger partial charge in [-0.05, 0) is 29.8 Å². The minimum Gasteiger partial charge on any atom is -0.450 e. The third-order valence-corrected chi connectivity index (χ3v) is 2.75. The zero-order valence-electron chi connectivity index (χ0n) is 10.9. The van der Waals surface area contributed by atoms with Crippen molar-refractivity contribution in [2.45, 2.75) is 6.61 Å². The van der Waals surface area contributed by atoms with E-state index < -0.39 is 10.8 Å². The fourth-order valence-corrected chi connectivity index (χ4v) is 1.73. The highest BCUT2D eigenvalue weighted by Gasteiger charge is 2.18. The average Bonchev–Trinajstić information content (AvgIpc) is 2.47. The van der Waals surface area contributed by atoms with Crippen LogP contribution >= 0.6 is 0 Å². The highest BCUT2D eigenvalue weighted by atomic mass is 16.6. The second kappa shape index (κ2) is 6.02. The smallest absolute Gasteiger partial charge is 0.312 e. The lowest BCUT2D eigenvalue weighted by atomic mass is 10.1. The van der Waals surface area contributed by atoms with Crippen LogP contribution < -0.4 is 10.5 Å². The molecule has 7 nitrogen and oxygen atoms in total. The summed E-state index contributed by atoms with van der Waals surface area (Å²) >= 11 is 0. The van der Waals surface area contributed by atoms with Gasteiger partial charge in [-0.25, -0.2) is 0 Å². The maximum Gasteiger partial charge on any atom is 0.312 e. The second-order valence-corrected chi connectivity index (χ2v) is 4.21. The lowest BCUT2D eigenvalue weighted by Gasteiger charge is -2.08. The molecule has 7 heteroatoms. The second-order valence-electron chi connectivity index (χ2n) is 4.21. The Morgan fingerprint density at radius 1 is 1.29 bits per heavy atom. The molecular formula is C14H12N2O5. The molecule has 0 heterocycles. The van der Waals surface area contributed by atoms with Crippen LogP contribution in [0.5, 0.6) is 11.5 Å². The Morgan fingerprint density at radius 2 is 2.05 bits per heavy atom. The van der Waals surface area contributed by atoms with Crippen molar-refractivity contribution in [3.05, 3.63) is 63.7 Å². The van der Waals surface area contributed by atoms with Crippen LogP contribution in [0.15, 0.2) is 42.5 Å². The molecule has 2 rings (SSSR count). The van der Waals surface area contributed by atoms with Gasteiger partial charge in [0.25, 0.3) is 0 Å². The van der Waals surface area contributed by atoms with Crippen LogP contribution in [-0.2, 0) is 6.61 Å². The highest BCUT2D eigenvalue weighted by molar-refractivity contribution is 5.93. The Bertz CT molecular complexity index is 700. The molecule has 0 aliphatic rings. The van der Waals surface area contributed by atoms with Crippen molar-refractivity contribution in [2.24, 2.45) is 5.73 Å². The summed E-state index contributed by atoms with van der Waals surface area (Å²) in [6.07, 6.45) is 0. The van der Waals surface area contributed by atoms with Crippen LogP contribution in [0.1, 0.15) is 15.9 Å². The first kappa shape index (κ1) is 14.5. The Morgan fingerprint density at radius 3 is 2.67 bits per heavy atom. The molecule has 0 aliphatic heterocycles. The summed E-state index contributed by atoms with van der Waals surface area (Å²) in [4.78, 5) is 21.4. The Balaban J connectivity index is 2.38. The monoisotopic (exact) mass is 288 g/mol. The van der Waals surface area contributed by atoms with E-state index in [0.29, 0.717) is 11.3 Å². The summed E-state index contributed by atoms with van der Waals surface area (Å²) in [7, 11) is 0. The molecule has 2 aromatic rings. The molecule has 0 saturated heterocycles. The van der Waals surface area contributed by atoms with E-state index in [1.54, 1.807) is 24.3 Å². The number of rotatable bonds is 5. The summed E-state index contributed by atoms with van der Waals surface area (Å²) in [6, 6.07) is 10.2. The molecule has 108 valence electrons. The standard InChI is InChI=1S/C14H12N2O5/c15-14(18)10-4-5-13(12(7-10)16(19)20)21-11-3-1-2-9(6-11)8-17/h1-7,17H,8H2,(H2,15,18). The average molecular weight is 288 g/mol. The first-order chi connectivity index (χ1) is 10.0. The zero-order valence-corrected chi connectivity index (χ0v) is 10.9. The number of benzene rings is 2. The minimum absolute atomic E-state index is 0.0138. The summed E-state index contributed by atoms with van der Waals surface area (Å²) in [6.45, 7) is -0.167. The maximum atomic E-state index is 11.1. The van der Waals surface area contributed by atoms with Gasteiger partial charge < -0.3 is 15.6 Å². The molecule has 0 bridgehead atoms. The fourth-order valence-electron chi connectivity index (χ4n) is 1.73. The van der Waals surface area contributed by atoms with Gasteiger partial charge in [0.15, 0.2) is 0 Å². The lowest BCUT2D eigenvalue weighted by Crippen LogP contribution is -2.11. The van der Waals surface area contributed by atoms with Gasteiger partial charge in [0.05, 0.1) is 11.5 Å². The van der Waals surface area contributed by atoms with E-state index >= 15 is 0 Å². The van der Waals surface area contributed by atoms with Gasteiger partial charge in [0.2, 0.25) is 11.7 Å². The molecule has 0 unspecified atom stereocenters. The van der Waals surface area contributed by atoms with Crippen molar-refractivity contribution < 1.29 is 19.6 Å². The number of hydrogen-bond donors (Lipinski definition) is 2. The van der Waals surface area contributed by atoms with E-state index in [1.807, 2.05) is 0 Å². The Kier molecular flexibility index (Phi) is 4.15. The number of carbonyl (C=O) groups is 1. The molecular weight excluding hydrogens is 276 g/mol. The third-order valence-electron chi connectivity index (χ3n) is 2.75. The fraction of sp³-hybridized carbons (Fsp3) is 0.0714. The van der Waals surface area contributed by atoms with Crippen molar-refractivity contribution in [3.8, 4) is 11.5 Å². The number of hydrogen-bond acceptors (Lipinski definition) is 5. The minimum atomic E-state index is -0.757. The van der Waals surface area contributed by atoms with Gasteiger partial charge in [-0.2, -0.15) is 0 Å². The SMILES string of the molecule is NC(=O)c1ccc(Oc2cccc(CO)c2)c([N+](=O)[O-])c1. The first-order valence-electron chi connectivity index (χ1n) is 5.97. The van der Waals surface area contributed by atoms with E-state index in [0.717, 1.165) is 6.07 Å². The number of amides is 1. The van der Waals surface area contributed by atoms with Crippen LogP contribution in [0.25, 0.3) is 0 Å². The number of nitro benzene ring substituents is 1. The van der Waals surface area contributed by atoms with Gasteiger partial charge in [-0.1, -0.05) is 12.1 Å². The van der Waals surface area contributed by atoms with Crippen molar-refractivity contribution in [1.82, 2.24) is 0 Å². The first-order valence-corrected chi connectivity index (χ1v) is 5.97. The molecule has 2 aromatic carbocycles. The van der Waals surface area contributed by atoms with E-state index in [9.17, 15) is 14.9 Å². The van der Waals surface area contributed by atoms with Gasteiger partial charge >= 0.3 is 5.69 Å². The van der Waals surface area contributed by atoms with Crippen molar-refractivity contribution in [3.63, 3.8) is 0 Å². The van der Waals surface area contributed by atoms with Crippen LogP contribution in [0.3, 0.4) is 0 Å². The Labute approximate surface area is 119 Å². The normalized spacial score (nSPS) is 10.1. The molecule has 0 radical (unpaired) electrons. The van der Waals surface area contributed by atoms with Crippen LogP contribution in [0, 0.1) is 10.1 Å². The lowest BCUT2D eigenvalue weighted by molar-refractivity contribution is -0.385. The number of nitro groups is 1. The van der Waals surface area contributed by atoms with E-state index in [4.69, 9.17) is 15.6 Å². The van der Waals surface area contributed by atoms with Gasteiger partial charge in [0, 0.05) is 11.6 Å². The van der Waals surface area contributed by atoms with Crippen LogP contribution in [0.4, 0.5) is 5.69 Å². The number of nitrogens with zero attached hydrogens (tertiary/aromatic N) is 1. The largest absolute Gasteiger partial charge is 0.450 e. The number of primary amides is 1. The van der Waals surface area contributed by atoms with Gasteiger partial charge in [-0.3, -0.25) is 14.9 Å². The molecule has 0 fully saturated rings. The molecule has 0 aromatic heterocycles. The van der Waals surface area contributed by atoms with Crippen molar-refractivity contribution in [1.29, 1.82) is 0 Å². The molecule has 0 saturated carbocycles. The summed E-state index contributed by atoms with van der Waals surface area (Å²) in [5.74, 6) is -0.427. The quantitative estimate of drug-likeness (QED) is 0.644. The number of carbonyl (C=O) groups excluding carboxylic acids is 1. The zero-order chi connectivity index (χ0) is 15.4. The van der Waals surface area contributed by atoms with Crippen LogP contribution in [0.2, 0.25) is 0 Å². The molecule has 0 atom stereocenters. The van der Waals surface area contributed by atoms with E-state index in [-0.39, 0.29) is 23.6 Å². The highest BCUT2D eigenvalue weighted by Crippen LogP contribution is 2.32. The summed E-state index contributed by atoms with van der Waals surface area (Å²) < 4.78 is 5.44. The molecule has 1 amide bonds. The molecule has 21 heavy (non-hydrogen) atoms. The number of aliphatic hydroxyl groups is 1. The number of nitrogens with two attached hydrogens (primary N) is 1. The molecule has 3 N–H and O–H groups in total. The topological polar surface area (TPSA) is 116 Å². The van der Waals surface area contributed by atoms with Crippen molar-refractivity contribution in [2.75, 3.05) is 0 Å². The van der Waals surface area contributed by atoms with Crippen LogP contribution in [-0.4, -0.2) is 15.9 Å².